The second-order valence-corrected chi connectivity index (χ2v) is 11.9. The number of esters is 1. The van der Waals surface area contributed by atoms with Gasteiger partial charge in [0.05, 0.1) is 23.3 Å². The first-order valence-corrected chi connectivity index (χ1v) is 13.8. The molecule has 1 aliphatic heterocycles. The zero-order chi connectivity index (χ0) is 26.0. The van der Waals surface area contributed by atoms with Gasteiger partial charge in [0.1, 0.15) is 11.5 Å². The van der Waals surface area contributed by atoms with Crippen LogP contribution in [-0.4, -0.2) is 52.4 Å². The maximum absolute atomic E-state index is 13.6. The number of ether oxygens (including phenoxy) is 1. The van der Waals surface area contributed by atoms with E-state index in [4.69, 9.17) is 16.3 Å². The van der Waals surface area contributed by atoms with E-state index in [1.165, 1.54) is 30.6 Å². The maximum Gasteiger partial charge on any atom is 0.341 e. The first-order valence-electron chi connectivity index (χ1n) is 11.2. The van der Waals surface area contributed by atoms with Crippen LogP contribution in [0.25, 0.3) is 0 Å². The SMILES string of the molecule is COC(=O)c1c(NC(=O)CN(c2ccc(Cl)cc2C)S(=O)(=O)c2ccccc2)sc2c1CCN(C)C2. The quantitative estimate of drug-likeness (QED) is 0.443. The number of sulfonamides is 1. The zero-order valence-corrected chi connectivity index (χ0v) is 22.5. The minimum absolute atomic E-state index is 0.0528. The predicted molar refractivity (Wildman–Crippen MR) is 141 cm³/mol. The Labute approximate surface area is 219 Å². The van der Waals surface area contributed by atoms with Gasteiger partial charge in [0, 0.05) is 23.0 Å². The Morgan fingerprint density at radius 2 is 1.92 bits per heavy atom. The van der Waals surface area contributed by atoms with Gasteiger partial charge in [-0.15, -0.1) is 11.3 Å². The molecule has 4 rings (SSSR count). The number of thiophene rings is 1. The van der Waals surface area contributed by atoms with Crippen molar-refractivity contribution in [1.29, 1.82) is 0 Å². The van der Waals surface area contributed by atoms with Crippen molar-refractivity contribution in [3.05, 3.63) is 75.1 Å². The lowest BCUT2D eigenvalue weighted by molar-refractivity contribution is -0.114. The zero-order valence-electron chi connectivity index (χ0n) is 20.1. The third kappa shape index (κ3) is 5.27. The highest BCUT2D eigenvalue weighted by Crippen LogP contribution is 2.37. The number of nitrogens with zero attached hydrogens (tertiary/aromatic N) is 2. The van der Waals surface area contributed by atoms with Crippen molar-refractivity contribution in [1.82, 2.24) is 4.90 Å². The minimum Gasteiger partial charge on any atom is -0.465 e. The van der Waals surface area contributed by atoms with Crippen LogP contribution in [0.1, 0.15) is 26.4 Å². The summed E-state index contributed by atoms with van der Waals surface area (Å²) in [5, 5.41) is 3.59. The van der Waals surface area contributed by atoms with Crippen LogP contribution in [0.4, 0.5) is 10.7 Å². The lowest BCUT2D eigenvalue weighted by Gasteiger charge is -2.25. The number of amides is 1. The lowest BCUT2D eigenvalue weighted by atomic mass is 10.0. The molecule has 36 heavy (non-hydrogen) atoms. The molecule has 0 unspecified atom stereocenters. The Hall–Kier alpha value is -2.92. The van der Waals surface area contributed by atoms with Crippen LogP contribution in [0.5, 0.6) is 0 Å². The number of methoxy groups -OCH3 is 1. The number of carbonyl (C=O) groups is 2. The molecule has 0 spiro atoms. The average molecular weight is 548 g/mol. The number of fused-ring (bicyclic) bond motifs is 1. The number of hydrogen-bond donors (Lipinski definition) is 1. The van der Waals surface area contributed by atoms with Crippen molar-refractivity contribution in [2.45, 2.75) is 24.8 Å². The fourth-order valence-electron chi connectivity index (χ4n) is 4.15. The maximum atomic E-state index is 13.6. The summed E-state index contributed by atoms with van der Waals surface area (Å²) in [5.41, 5.74) is 2.13. The summed E-state index contributed by atoms with van der Waals surface area (Å²) < 4.78 is 33.3. The smallest absolute Gasteiger partial charge is 0.341 e. The molecule has 1 aromatic heterocycles. The normalized spacial score (nSPS) is 13.7. The van der Waals surface area contributed by atoms with Crippen molar-refractivity contribution < 1.29 is 22.7 Å². The summed E-state index contributed by atoms with van der Waals surface area (Å²) in [4.78, 5) is 29.0. The van der Waals surface area contributed by atoms with Crippen molar-refractivity contribution in [2.24, 2.45) is 0 Å². The summed E-state index contributed by atoms with van der Waals surface area (Å²) in [7, 11) is -0.801. The number of halogens is 1. The van der Waals surface area contributed by atoms with Crippen LogP contribution < -0.4 is 9.62 Å². The van der Waals surface area contributed by atoms with Gasteiger partial charge in [-0.3, -0.25) is 9.10 Å². The topological polar surface area (TPSA) is 96.0 Å². The Morgan fingerprint density at radius 3 is 2.58 bits per heavy atom. The molecule has 1 aliphatic rings. The van der Waals surface area contributed by atoms with E-state index in [0.717, 1.165) is 21.3 Å². The van der Waals surface area contributed by atoms with E-state index in [0.29, 0.717) is 39.8 Å². The van der Waals surface area contributed by atoms with Gasteiger partial charge in [-0.2, -0.15) is 0 Å². The van der Waals surface area contributed by atoms with Gasteiger partial charge in [-0.25, -0.2) is 13.2 Å². The molecular weight excluding hydrogens is 522 g/mol. The highest BCUT2D eigenvalue weighted by atomic mass is 35.5. The van der Waals surface area contributed by atoms with Crippen molar-refractivity contribution >= 4 is 55.5 Å². The number of hydrogen-bond acceptors (Lipinski definition) is 7. The van der Waals surface area contributed by atoms with Crippen LogP contribution in [0.3, 0.4) is 0 Å². The fraction of sp³-hybridized carbons (Fsp3) is 0.280. The minimum atomic E-state index is -4.08. The molecule has 0 aliphatic carbocycles. The van der Waals surface area contributed by atoms with Gasteiger partial charge in [-0.1, -0.05) is 29.8 Å². The molecule has 0 radical (unpaired) electrons. The molecule has 2 heterocycles. The second-order valence-electron chi connectivity index (χ2n) is 8.49. The van der Waals surface area contributed by atoms with Gasteiger partial charge in [0.25, 0.3) is 10.0 Å². The van der Waals surface area contributed by atoms with Gasteiger partial charge in [0.15, 0.2) is 0 Å². The van der Waals surface area contributed by atoms with Crippen LogP contribution in [0, 0.1) is 6.92 Å². The monoisotopic (exact) mass is 547 g/mol. The average Bonchev–Trinajstić information content (AvgIpc) is 3.19. The fourth-order valence-corrected chi connectivity index (χ4v) is 7.22. The van der Waals surface area contributed by atoms with Crippen molar-refractivity contribution in [3.63, 3.8) is 0 Å². The summed E-state index contributed by atoms with van der Waals surface area (Å²) in [6.45, 7) is 2.66. The van der Waals surface area contributed by atoms with Gasteiger partial charge in [0.2, 0.25) is 5.91 Å². The largest absolute Gasteiger partial charge is 0.465 e. The molecule has 11 heteroatoms. The van der Waals surface area contributed by atoms with Gasteiger partial charge < -0.3 is 15.0 Å². The standard InChI is InChI=1S/C25H26ClN3O5S2/c1-16-13-17(26)9-10-20(16)29(36(32,33)18-7-5-4-6-8-18)15-22(30)27-24-23(25(31)34-3)19-11-12-28(2)14-21(19)35-24/h4-10,13H,11-12,14-15H2,1-3H3,(H,27,30). The highest BCUT2D eigenvalue weighted by molar-refractivity contribution is 7.92. The Bertz CT molecular complexity index is 1410. The molecule has 0 saturated heterocycles. The molecule has 1 N–H and O–H groups in total. The number of rotatable bonds is 7. The number of benzene rings is 2. The number of carbonyl (C=O) groups excluding carboxylic acids is 2. The summed E-state index contributed by atoms with van der Waals surface area (Å²) in [6, 6.07) is 12.7. The van der Waals surface area contributed by atoms with Crippen molar-refractivity contribution in [3.8, 4) is 0 Å². The Balaban J connectivity index is 1.70. The number of likely N-dealkylation sites (N-methyl/N-ethyl adjacent to an activating group) is 1. The van der Waals surface area contributed by atoms with Crippen LogP contribution in [-0.2, 0) is 32.5 Å². The van der Waals surface area contributed by atoms with Crippen LogP contribution in [0.15, 0.2) is 53.4 Å². The summed E-state index contributed by atoms with van der Waals surface area (Å²) >= 11 is 7.40. The van der Waals surface area contributed by atoms with Crippen LogP contribution >= 0.6 is 22.9 Å². The summed E-state index contributed by atoms with van der Waals surface area (Å²) in [5.74, 6) is -1.12. The third-order valence-electron chi connectivity index (χ3n) is 5.94. The number of aryl methyl sites for hydroxylation is 1. The number of nitrogens with one attached hydrogen (secondary N) is 1. The first kappa shape index (κ1) is 26.2. The molecule has 0 saturated carbocycles. The molecular formula is C25H26ClN3O5S2. The van der Waals surface area contributed by atoms with Crippen LogP contribution in [0.2, 0.25) is 5.02 Å². The van der Waals surface area contributed by atoms with Gasteiger partial charge in [-0.05, 0) is 61.9 Å². The molecule has 190 valence electrons. The highest BCUT2D eigenvalue weighted by Gasteiger charge is 2.31. The molecule has 0 fully saturated rings. The second kappa shape index (κ2) is 10.6. The molecule has 0 atom stereocenters. The molecule has 1 amide bonds. The van der Waals surface area contributed by atoms with E-state index in [-0.39, 0.29) is 4.90 Å². The molecule has 8 nitrogen and oxygen atoms in total. The molecule has 3 aromatic rings. The van der Waals surface area contributed by atoms with E-state index in [9.17, 15) is 18.0 Å². The Morgan fingerprint density at radius 1 is 1.19 bits per heavy atom. The first-order chi connectivity index (χ1) is 17.1. The third-order valence-corrected chi connectivity index (χ3v) is 9.08. The molecule has 2 aromatic carbocycles. The number of anilines is 2. The van der Waals surface area contributed by atoms with E-state index in [2.05, 4.69) is 10.2 Å². The predicted octanol–water partition coefficient (Wildman–Crippen LogP) is 4.32. The van der Waals surface area contributed by atoms with Crippen molar-refractivity contribution in [2.75, 3.05) is 36.9 Å². The van der Waals surface area contributed by atoms with E-state index in [1.807, 2.05) is 7.05 Å². The van der Waals surface area contributed by atoms with E-state index < -0.39 is 28.4 Å². The summed E-state index contributed by atoms with van der Waals surface area (Å²) in [6.07, 6.45) is 0.654. The Kier molecular flexibility index (Phi) is 7.70. The molecule has 0 bridgehead atoms. The van der Waals surface area contributed by atoms with Gasteiger partial charge >= 0.3 is 5.97 Å². The van der Waals surface area contributed by atoms with E-state index >= 15 is 0 Å². The lowest BCUT2D eigenvalue weighted by Crippen LogP contribution is -2.38. The van der Waals surface area contributed by atoms with E-state index in [1.54, 1.807) is 43.3 Å².